The highest BCUT2D eigenvalue weighted by Gasteiger charge is 2.32. The predicted octanol–water partition coefficient (Wildman–Crippen LogP) is 3.92. The van der Waals surface area contributed by atoms with E-state index in [1.807, 2.05) is 0 Å². The Morgan fingerprint density at radius 1 is 1.06 bits per heavy atom. The number of methoxy groups -OCH3 is 1. The van der Waals surface area contributed by atoms with Crippen LogP contribution in [0.4, 0.5) is 27.9 Å². The van der Waals surface area contributed by atoms with Gasteiger partial charge in [-0.3, -0.25) is 4.90 Å². The van der Waals surface area contributed by atoms with Crippen LogP contribution in [0.3, 0.4) is 0 Å². The highest BCUT2D eigenvalue weighted by molar-refractivity contribution is 5.57. The van der Waals surface area contributed by atoms with E-state index in [0.29, 0.717) is 35.6 Å². The van der Waals surface area contributed by atoms with Crippen LogP contribution >= 0.6 is 0 Å². The lowest BCUT2D eigenvalue weighted by atomic mass is 10.1. The molecular formula is C23H30FN7O. The Labute approximate surface area is 187 Å². The fraction of sp³-hybridized carbons (Fsp3) is 0.522. The van der Waals surface area contributed by atoms with Gasteiger partial charge >= 0.3 is 0 Å². The average Bonchev–Trinajstić information content (AvgIpc) is 3.29. The third-order valence-electron chi connectivity index (χ3n) is 6.43. The van der Waals surface area contributed by atoms with Crippen LogP contribution in [0.25, 0.3) is 0 Å². The maximum Gasteiger partial charge on any atom is 0.233 e. The van der Waals surface area contributed by atoms with Gasteiger partial charge in [-0.25, -0.2) is 4.39 Å². The van der Waals surface area contributed by atoms with Crippen molar-refractivity contribution in [3.63, 3.8) is 0 Å². The van der Waals surface area contributed by atoms with E-state index in [4.69, 9.17) is 9.72 Å². The molecule has 0 amide bonds. The minimum absolute atomic E-state index is 0.202. The first-order valence-electron chi connectivity index (χ1n) is 11.5. The molecule has 1 aliphatic carbocycles. The molecule has 2 aromatic rings. The summed E-state index contributed by atoms with van der Waals surface area (Å²) >= 11 is 0. The molecule has 3 heterocycles. The van der Waals surface area contributed by atoms with E-state index in [1.54, 1.807) is 12.1 Å². The van der Waals surface area contributed by atoms with Crippen LogP contribution in [0.1, 0.15) is 38.5 Å². The Morgan fingerprint density at radius 3 is 2.62 bits per heavy atom. The lowest BCUT2D eigenvalue weighted by Crippen LogP contribution is -2.28. The van der Waals surface area contributed by atoms with Gasteiger partial charge in [-0.05, 0) is 25.0 Å². The van der Waals surface area contributed by atoms with Crippen LogP contribution in [-0.2, 0) is 0 Å². The maximum absolute atomic E-state index is 14.2. The van der Waals surface area contributed by atoms with Crippen LogP contribution in [0.5, 0.6) is 5.75 Å². The van der Waals surface area contributed by atoms with Crippen molar-refractivity contribution in [1.29, 1.82) is 0 Å². The summed E-state index contributed by atoms with van der Waals surface area (Å²) in [5.74, 6) is 1.37. The zero-order chi connectivity index (χ0) is 21.9. The van der Waals surface area contributed by atoms with Gasteiger partial charge in [0.25, 0.3) is 0 Å². The standard InChI is InChI=1S/C23H30FN7O/c1-32-20-11-10-17(13-19(20)24)26-22-27-21(25-16-7-4-2-3-5-8-16)28-23(29-22)31-14-18-9-6-12-30(18)15-31/h6,9-11,13,16,18H,2-5,7-8,12,14-15H2,1H3,(H2,25,26,27,28,29). The number of nitrogens with zero attached hydrogens (tertiary/aromatic N) is 5. The van der Waals surface area contributed by atoms with Crippen LogP contribution in [0.15, 0.2) is 30.4 Å². The van der Waals surface area contributed by atoms with Crippen molar-refractivity contribution in [2.24, 2.45) is 0 Å². The van der Waals surface area contributed by atoms with Crippen LogP contribution < -0.4 is 20.3 Å². The Kier molecular flexibility index (Phi) is 6.07. The third kappa shape index (κ3) is 4.62. The van der Waals surface area contributed by atoms with Crippen molar-refractivity contribution in [2.75, 3.05) is 42.4 Å². The number of benzene rings is 1. The summed E-state index contributed by atoms with van der Waals surface area (Å²) in [6.45, 7) is 2.58. The van der Waals surface area contributed by atoms with E-state index in [2.05, 4.69) is 42.6 Å². The number of fused-ring (bicyclic) bond motifs is 1. The predicted molar refractivity (Wildman–Crippen MR) is 123 cm³/mol. The van der Waals surface area contributed by atoms with Gasteiger partial charge in [-0.1, -0.05) is 37.8 Å². The van der Waals surface area contributed by atoms with Gasteiger partial charge in [0.05, 0.1) is 13.8 Å². The Bertz CT molecular complexity index is 977. The van der Waals surface area contributed by atoms with Gasteiger partial charge in [0.15, 0.2) is 11.6 Å². The number of rotatable bonds is 6. The highest BCUT2D eigenvalue weighted by atomic mass is 19.1. The molecule has 2 aliphatic heterocycles. The molecule has 9 heteroatoms. The van der Waals surface area contributed by atoms with Gasteiger partial charge in [0.1, 0.15) is 0 Å². The van der Waals surface area contributed by atoms with E-state index in [-0.39, 0.29) is 5.75 Å². The number of halogens is 1. The molecule has 1 saturated heterocycles. The molecule has 1 unspecified atom stereocenters. The van der Waals surface area contributed by atoms with Crippen molar-refractivity contribution in [1.82, 2.24) is 19.9 Å². The normalized spacial score (nSPS) is 21.4. The quantitative estimate of drug-likeness (QED) is 0.518. The van der Waals surface area contributed by atoms with Crippen molar-refractivity contribution in [3.8, 4) is 5.75 Å². The molecule has 1 aromatic carbocycles. The van der Waals surface area contributed by atoms with Crippen LogP contribution in [-0.4, -0.2) is 58.8 Å². The van der Waals surface area contributed by atoms with E-state index >= 15 is 0 Å². The summed E-state index contributed by atoms with van der Waals surface area (Å²) in [5.41, 5.74) is 0.561. The van der Waals surface area contributed by atoms with Crippen LogP contribution in [0, 0.1) is 5.82 Å². The lowest BCUT2D eigenvalue weighted by molar-refractivity contribution is 0.348. The van der Waals surface area contributed by atoms with Gasteiger partial charge in [-0.2, -0.15) is 15.0 Å². The Balaban J connectivity index is 1.40. The average molecular weight is 440 g/mol. The summed E-state index contributed by atoms with van der Waals surface area (Å²) in [7, 11) is 1.45. The summed E-state index contributed by atoms with van der Waals surface area (Å²) in [5, 5.41) is 6.69. The number of anilines is 4. The highest BCUT2D eigenvalue weighted by Crippen LogP contribution is 2.27. The van der Waals surface area contributed by atoms with Gasteiger partial charge in [0, 0.05) is 36.9 Å². The molecule has 32 heavy (non-hydrogen) atoms. The molecule has 5 rings (SSSR count). The monoisotopic (exact) mass is 439 g/mol. The Morgan fingerprint density at radius 2 is 1.88 bits per heavy atom. The maximum atomic E-state index is 14.2. The number of hydrogen-bond acceptors (Lipinski definition) is 8. The second kappa shape index (κ2) is 9.28. The zero-order valence-corrected chi connectivity index (χ0v) is 18.4. The first-order chi connectivity index (χ1) is 15.7. The number of nitrogens with one attached hydrogen (secondary N) is 2. The molecule has 1 aromatic heterocycles. The molecule has 0 bridgehead atoms. The molecule has 2 N–H and O–H groups in total. The second-order valence-electron chi connectivity index (χ2n) is 8.72. The molecular weight excluding hydrogens is 409 g/mol. The fourth-order valence-corrected chi connectivity index (χ4v) is 4.70. The Hall–Kier alpha value is -2.94. The van der Waals surface area contributed by atoms with Crippen molar-refractivity contribution < 1.29 is 9.13 Å². The third-order valence-corrected chi connectivity index (χ3v) is 6.43. The molecule has 0 spiro atoms. The molecule has 1 atom stereocenters. The summed E-state index contributed by atoms with van der Waals surface area (Å²) < 4.78 is 19.2. The lowest BCUT2D eigenvalue weighted by Gasteiger charge is -2.20. The van der Waals surface area contributed by atoms with Crippen molar-refractivity contribution >= 4 is 23.5 Å². The number of hydrogen-bond donors (Lipinski definition) is 2. The molecule has 3 aliphatic rings. The van der Waals surface area contributed by atoms with Crippen LogP contribution in [0.2, 0.25) is 0 Å². The second-order valence-corrected chi connectivity index (χ2v) is 8.72. The van der Waals surface area contributed by atoms with Gasteiger partial charge in [0.2, 0.25) is 17.8 Å². The largest absolute Gasteiger partial charge is 0.494 e. The first-order valence-corrected chi connectivity index (χ1v) is 11.5. The summed E-state index contributed by atoms with van der Waals surface area (Å²) in [4.78, 5) is 18.6. The topological polar surface area (TPSA) is 78.4 Å². The smallest absolute Gasteiger partial charge is 0.233 e. The zero-order valence-electron chi connectivity index (χ0n) is 18.4. The molecule has 8 nitrogen and oxygen atoms in total. The summed E-state index contributed by atoms with van der Waals surface area (Å²) in [6, 6.07) is 5.49. The van der Waals surface area contributed by atoms with Gasteiger partial charge < -0.3 is 20.3 Å². The van der Waals surface area contributed by atoms with E-state index in [9.17, 15) is 4.39 Å². The number of ether oxygens (including phenoxy) is 1. The fourth-order valence-electron chi connectivity index (χ4n) is 4.70. The van der Waals surface area contributed by atoms with E-state index in [0.717, 1.165) is 32.6 Å². The van der Waals surface area contributed by atoms with Gasteiger partial charge in [-0.15, -0.1) is 0 Å². The van der Waals surface area contributed by atoms with Crippen molar-refractivity contribution in [2.45, 2.75) is 50.6 Å². The molecule has 0 radical (unpaired) electrons. The SMILES string of the molecule is COc1ccc(Nc2nc(NC3CCCCCC3)nc(N3CC4C=CCN4C3)n2)cc1F. The minimum atomic E-state index is -0.435. The summed E-state index contributed by atoms with van der Waals surface area (Å²) in [6.07, 6.45) is 11.7. The molecule has 170 valence electrons. The molecule has 1 saturated carbocycles. The first kappa shape index (κ1) is 20.9. The van der Waals surface area contributed by atoms with E-state index < -0.39 is 5.82 Å². The minimum Gasteiger partial charge on any atom is -0.494 e. The molecule has 2 fully saturated rings. The number of aromatic nitrogens is 3. The van der Waals surface area contributed by atoms with E-state index in [1.165, 1.54) is 38.9 Å². The van der Waals surface area contributed by atoms with Crippen molar-refractivity contribution in [3.05, 3.63) is 36.2 Å².